The zero-order valence-electron chi connectivity index (χ0n) is 14.8. The second-order valence-electron chi connectivity index (χ2n) is 6.37. The number of aliphatic imine (C=N–C) groups is 1. The number of nitrogens with one attached hydrogen (secondary N) is 1. The van der Waals surface area contributed by atoms with E-state index in [1.807, 2.05) is 37.2 Å². The Morgan fingerprint density at radius 1 is 1.25 bits per heavy atom. The van der Waals surface area contributed by atoms with Crippen molar-refractivity contribution in [3.8, 4) is 0 Å². The van der Waals surface area contributed by atoms with Crippen molar-refractivity contribution < 1.29 is 5.11 Å². The zero-order chi connectivity index (χ0) is 16.5. The van der Waals surface area contributed by atoms with Gasteiger partial charge in [0, 0.05) is 33.7 Å². The van der Waals surface area contributed by atoms with Crippen LogP contribution in [0.1, 0.15) is 24.8 Å². The van der Waals surface area contributed by atoms with Crippen molar-refractivity contribution in [2.45, 2.75) is 31.9 Å². The largest absolute Gasteiger partial charge is 0.393 e. The molecule has 0 spiro atoms. The monoisotopic (exact) mass is 446 g/mol. The van der Waals surface area contributed by atoms with Gasteiger partial charge in [-0.25, -0.2) is 4.99 Å². The van der Waals surface area contributed by atoms with Crippen LogP contribution in [0, 0.1) is 0 Å². The van der Waals surface area contributed by atoms with Crippen molar-refractivity contribution in [3.05, 3.63) is 35.9 Å². The molecule has 0 amide bonds. The normalized spacial score (nSPS) is 16.5. The van der Waals surface area contributed by atoms with Gasteiger partial charge in [0.2, 0.25) is 0 Å². The first-order valence-corrected chi connectivity index (χ1v) is 8.55. The highest BCUT2D eigenvalue weighted by atomic mass is 127. The van der Waals surface area contributed by atoms with Crippen molar-refractivity contribution in [1.82, 2.24) is 15.1 Å². The topological polar surface area (TPSA) is 51.1 Å². The highest BCUT2D eigenvalue weighted by Crippen LogP contribution is 2.09. The Labute approximate surface area is 163 Å². The Kier molecular flexibility index (Phi) is 10.3. The van der Waals surface area contributed by atoms with Crippen LogP contribution in [-0.2, 0) is 6.54 Å². The van der Waals surface area contributed by atoms with Gasteiger partial charge in [0.25, 0.3) is 0 Å². The maximum atomic E-state index is 9.53. The molecule has 0 unspecified atom stereocenters. The standard InChI is InChI=1S/C18H30N4O.HI/c1-21(2)18(20-15-16-7-4-3-5-8-16)19-11-6-12-22-13-9-17(23)10-14-22;/h3-5,7-8,17,23H,6,9-15H2,1-2H3,(H,19,20);1H. The van der Waals surface area contributed by atoms with E-state index in [1.54, 1.807) is 0 Å². The Morgan fingerprint density at radius 2 is 1.92 bits per heavy atom. The van der Waals surface area contributed by atoms with Gasteiger partial charge >= 0.3 is 0 Å². The number of aliphatic hydroxyl groups excluding tert-OH is 1. The molecule has 1 heterocycles. The number of halogens is 1. The summed E-state index contributed by atoms with van der Waals surface area (Å²) in [6, 6.07) is 10.3. The molecule has 1 aromatic rings. The van der Waals surface area contributed by atoms with Crippen molar-refractivity contribution >= 4 is 29.9 Å². The number of rotatable bonds is 6. The molecule has 0 bridgehead atoms. The fraction of sp³-hybridized carbons (Fsp3) is 0.611. The summed E-state index contributed by atoms with van der Waals surface area (Å²) in [6.07, 6.45) is 2.83. The molecule has 1 fully saturated rings. The molecule has 1 aliphatic heterocycles. The maximum absolute atomic E-state index is 9.53. The lowest BCUT2D eigenvalue weighted by Gasteiger charge is -2.29. The van der Waals surface area contributed by atoms with E-state index < -0.39 is 0 Å². The van der Waals surface area contributed by atoms with E-state index in [0.717, 1.165) is 51.4 Å². The van der Waals surface area contributed by atoms with Crippen molar-refractivity contribution in [1.29, 1.82) is 0 Å². The lowest BCUT2D eigenvalue weighted by molar-refractivity contribution is 0.0822. The predicted octanol–water partition coefficient (Wildman–Crippen LogP) is 2.16. The molecule has 1 saturated heterocycles. The molecule has 2 N–H and O–H groups in total. The molecule has 1 aliphatic rings. The molecule has 0 saturated carbocycles. The zero-order valence-corrected chi connectivity index (χ0v) is 17.1. The van der Waals surface area contributed by atoms with Gasteiger partial charge in [-0.05, 0) is 31.4 Å². The highest BCUT2D eigenvalue weighted by molar-refractivity contribution is 14.0. The molecule has 6 heteroatoms. The van der Waals surface area contributed by atoms with Crippen LogP contribution < -0.4 is 5.32 Å². The molecule has 5 nitrogen and oxygen atoms in total. The lowest BCUT2D eigenvalue weighted by Crippen LogP contribution is -2.40. The number of benzene rings is 1. The molecular formula is C18H31IN4O. The smallest absolute Gasteiger partial charge is 0.193 e. The molecule has 0 radical (unpaired) electrons. The molecule has 136 valence electrons. The van der Waals surface area contributed by atoms with E-state index >= 15 is 0 Å². The van der Waals surface area contributed by atoms with Crippen molar-refractivity contribution in [2.24, 2.45) is 4.99 Å². The lowest BCUT2D eigenvalue weighted by atomic mass is 10.1. The van der Waals surface area contributed by atoms with Crippen LogP contribution in [-0.4, -0.2) is 67.2 Å². The van der Waals surface area contributed by atoms with Gasteiger partial charge in [0.1, 0.15) is 0 Å². The number of guanidine groups is 1. The number of piperidine rings is 1. The van der Waals surface area contributed by atoms with E-state index in [2.05, 4.69) is 27.3 Å². The summed E-state index contributed by atoms with van der Waals surface area (Å²) in [5, 5.41) is 13.0. The molecule has 0 aromatic heterocycles. The molecule has 24 heavy (non-hydrogen) atoms. The van der Waals surface area contributed by atoms with Crippen LogP contribution in [0.4, 0.5) is 0 Å². The SMILES string of the molecule is CN(C)C(=NCc1ccccc1)NCCCN1CCC(O)CC1.I. The quantitative estimate of drug-likeness (QED) is 0.305. The first-order chi connectivity index (χ1) is 11.1. The van der Waals surface area contributed by atoms with Gasteiger partial charge in [-0.1, -0.05) is 30.3 Å². The van der Waals surface area contributed by atoms with Crippen LogP contribution in [0.3, 0.4) is 0 Å². The number of hydrogen-bond donors (Lipinski definition) is 2. The van der Waals surface area contributed by atoms with E-state index in [0.29, 0.717) is 6.54 Å². The van der Waals surface area contributed by atoms with Crippen LogP contribution in [0.5, 0.6) is 0 Å². The minimum Gasteiger partial charge on any atom is -0.393 e. The minimum atomic E-state index is -0.0881. The summed E-state index contributed by atoms with van der Waals surface area (Å²) >= 11 is 0. The third kappa shape index (κ3) is 7.81. The van der Waals surface area contributed by atoms with Crippen LogP contribution in [0.25, 0.3) is 0 Å². The summed E-state index contributed by atoms with van der Waals surface area (Å²) in [4.78, 5) is 9.14. The fourth-order valence-corrected chi connectivity index (χ4v) is 2.75. The number of hydrogen-bond acceptors (Lipinski definition) is 3. The fourth-order valence-electron chi connectivity index (χ4n) is 2.75. The number of likely N-dealkylation sites (tertiary alicyclic amines) is 1. The van der Waals surface area contributed by atoms with Gasteiger partial charge in [-0.2, -0.15) is 0 Å². The molecule has 2 rings (SSSR count). The molecule has 0 aliphatic carbocycles. The highest BCUT2D eigenvalue weighted by Gasteiger charge is 2.16. The van der Waals surface area contributed by atoms with Gasteiger partial charge in [-0.3, -0.25) is 0 Å². The van der Waals surface area contributed by atoms with Crippen LogP contribution in [0.2, 0.25) is 0 Å². The van der Waals surface area contributed by atoms with Gasteiger partial charge in [0.15, 0.2) is 5.96 Å². The van der Waals surface area contributed by atoms with E-state index in [1.165, 1.54) is 5.56 Å². The Balaban J connectivity index is 0.00000288. The second kappa shape index (κ2) is 11.7. The van der Waals surface area contributed by atoms with Gasteiger partial charge in [-0.15, -0.1) is 24.0 Å². The average molecular weight is 446 g/mol. The maximum Gasteiger partial charge on any atom is 0.193 e. The third-order valence-corrected chi connectivity index (χ3v) is 4.17. The third-order valence-electron chi connectivity index (χ3n) is 4.17. The minimum absolute atomic E-state index is 0. The predicted molar refractivity (Wildman–Crippen MR) is 111 cm³/mol. The van der Waals surface area contributed by atoms with E-state index in [9.17, 15) is 5.11 Å². The first-order valence-electron chi connectivity index (χ1n) is 8.55. The number of aliphatic hydroxyl groups is 1. The van der Waals surface area contributed by atoms with Crippen LogP contribution >= 0.6 is 24.0 Å². The summed E-state index contributed by atoms with van der Waals surface area (Å²) in [5.74, 6) is 0.933. The van der Waals surface area contributed by atoms with Crippen molar-refractivity contribution in [2.75, 3.05) is 40.3 Å². The van der Waals surface area contributed by atoms with Crippen molar-refractivity contribution in [3.63, 3.8) is 0 Å². The second-order valence-corrected chi connectivity index (χ2v) is 6.37. The summed E-state index contributed by atoms with van der Waals surface area (Å²) < 4.78 is 0. The number of nitrogens with zero attached hydrogens (tertiary/aromatic N) is 3. The Bertz CT molecular complexity index is 473. The average Bonchev–Trinajstić information content (AvgIpc) is 2.56. The van der Waals surface area contributed by atoms with Crippen LogP contribution in [0.15, 0.2) is 35.3 Å². The van der Waals surface area contributed by atoms with E-state index in [-0.39, 0.29) is 30.1 Å². The van der Waals surface area contributed by atoms with Gasteiger partial charge in [0.05, 0.1) is 12.6 Å². The molecule has 0 atom stereocenters. The summed E-state index contributed by atoms with van der Waals surface area (Å²) in [7, 11) is 4.03. The first kappa shape index (κ1) is 21.2. The van der Waals surface area contributed by atoms with Gasteiger partial charge < -0.3 is 20.2 Å². The summed E-state index contributed by atoms with van der Waals surface area (Å²) in [6.45, 7) is 4.74. The van der Waals surface area contributed by atoms with E-state index in [4.69, 9.17) is 0 Å². The Morgan fingerprint density at radius 3 is 2.54 bits per heavy atom. The molecular weight excluding hydrogens is 415 g/mol. The Hall–Kier alpha value is -0.860. The molecule has 1 aromatic carbocycles. The summed E-state index contributed by atoms with van der Waals surface area (Å²) in [5.41, 5.74) is 1.22.